The Hall–Kier alpha value is -2.78. The molecule has 0 bridgehead atoms. The molecule has 0 saturated heterocycles. The van der Waals surface area contributed by atoms with E-state index in [2.05, 4.69) is 19.7 Å². The fourth-order valence-electron chi connectivity index (χ4n) is 2.86. The maximum atomic E-state index is 14.4. The second-order valence-corrected chi connectivity index (χ2v) is 6.05. The molecule has 10 heteroatoms. The Morgan fingerprint density at radius 2 is 1.89 bits per heavy atom. The fourth-order valence-corrected chi connectivity index (χ4v) is 2.86. The summed E-state index contributed by atoms with van der Waals surface area (Å²) in [5, 5.41) is 0. The third kappa shape index (κ3) is 3.56. The third-order valence-electron chi connectivity index (χ3n) is 4.38. The average molecular weight is 386 g/mol. The molecular weight excluding hydrogens is 371 g/mol. The number of rotatable bonds is 5. The summed E-state index contributed by atoms with van der Waals surface area (Å²) in [5.41, 5.74) is 3.87. The van der Waals surface area contributed by atoms with Crippen LogP contribution in [0, 0.1) is 5.82 Å². The molecule has 0 amide bonds. The number of halogens is 5. The normalized spacial score (nSPS) is 21.6. The van der Waals surface area contributed by atoms with Gasteiger partial charge in [-0.1, -0.05) is 0 Å². The van der Waals surface area contributed by atoms with Crippen LogP contribution in [0.4, 0.5) is 22.0 Å². The third-order valence-corrected chi connectivity index (χ3v) is 4.38. The molecule has 1 aromatic carbocycles. The Labute approximate surface area is 151 Å². The van der Waals surface area contributed by atoms with Crippen molar-refractivity contribution >= 4 is 5.84 Å². The van der Waals surface area contributed by atoms with Crippen LogP contribution in [0.3, 0.4) is 0 Å². The van der Waals surface area contributed by atoms with E-state index in [0.29, 0.717) is 5.56 Å². The van der Waals surface area contributed by atoms with Crippen molar-refractivity contribution in [3.05, 3.63) is 42.0 Å². The van der Waals surface area contributed by atoms with Gasteiger partial charge in [0.05, 0.1) is 18.1 Å². The van der Waals surface area contributed by atoms with Gasteiger partial charge >= 0.3 is 5.92 Å². The van der Waals surface area contributed by atoms with Crippen LogP contribution in [0.1, 0.15) is 18.4 Å². The van der Waals surface area contributed by atoms with Crippen molar-refractivity contribution in [2.45, 2.75) is 24.3 Å². The number of amidine groups is 1. The molecule has 2 heterocycles. The molecule has 1 aromatic heterocycles. The number of nitrogens with zero attached hydrogens (tertiary/aromatic N) is 3. The van der Waals surface area contributed by atoms with Crippen molar-refractivity contribution < 1.29 is 26.7 Å². The summed E-state index contributed by atoms with van der Waals surface area (Å²) >= 11 is 0. The van der Waals surface area contributed by atoms with Crippen molar-refractivity contribution in [2.75, 3.05) is 13.5 Å². The van der Waals surface area contributed by atoms with E-state index in [-0.39, 0.29) is 17.1 Å². The van der Waals surface area contributed by atoms with E-state index in [9.17, 15) is 22.0 Å². The standard InChI is InChI=1S/C17H15F5N4O/c18-8-16(3-4-17(21,22)15(23)26-16)11-5-10(1-2-12(11)20)13-6-25-14(7-24-13)27-9-19/h1-2,5-7H,3-4,8-9H2,(H2,23,26)/t16-/m1/s1. The van der Waals surface area contributed by atoms with Crippen molar-refractivity contribution in [3.63, 3.8) is 0 Å². The summed E-state index contributed by atoms with van der Waals surface area (Å²) in [7, 11) is 0. The van der Waals surface area contributed by atoms with Gasteiger partial charge in [-0.3, -0.25) is 4.99 Å². The van der Waals surface area contributed by atoms with E-state index >= 15 is 0 Å². The molecule has 144 valence electrons. The number of hydrogen-bond donors (Lipinski definition) is 1. The maximum Gasteiger partial charge on any atom is 0.303 e. The van der Waals surface area contributed by atoms with Gasteiger partial charge in [-0.15, -0.1) is 0 Å². The summed E-state index contributed by atoms with van der Waals surface area (Å²) in [4.78, 5) is 11.5. The maximum absolute atomic E-state index is 14.4. The first-order valence-electron chi connectivity index (χ1n) is 7.92. The number of alkyl halides is 4. The summed E-state index contributed by atoms with van der Waals surface area (Å²) in [6.07, 6.45) is 1.27. The minimum atomic E-state index is -3.36. The van der Waals surface area contributed by atoms with Crippen LogP contribution in [-0.2, 0) is 5.54 Å². The molecule has 3 rings (SSSR count). The lowest BCUT2D eigenvalue weighted by Gasteiger charge is -2.35. The van der Waals surface area contributed by atoms with Crippen molar-refractivity contribution in [1.29, 1.82) is 0 Å². The molecule has 1 aliphatic heterocycles. The largest absolute Gasteiger partial charge is 0.445 e. The Bertz CT molecular complexity index is 859. The van der Waals surface area contributed by atoms with E-state index < -0.39 is 49.5 Å². The summed E-state index contributed by atoms with van der Waals surface area (Å²) in [5.74, 6) is -5.23. The van der Waals surface area contributed by atoms with Crippen LogP contribution in [0.15, 0.2) is 35.6 Å². The number of benzene rings is 1. The minimum Gasteiger partial charge on any atom is -0.445 e. The summed E-state index contributed by atoms with van der Waals surface area (Å²) in [6, 6.07) is 3.71. The van der Waals surface area contributed by atoms with Crippen LogP contribution < -0.4 is 10.5 Å². The Balaban J connectivity index is 2.04. The van der Waals surface area contributed by atoms with E-state index in [1.54, 1.807) is 0 Å². The van der Waals surface area contributed by atoms with Gasteiger partial charge in [0.25, 0.3) is 0 Å². The highest BCUT2D eigenvalue weighted by molar-refractivity contribution is 5.88. The fraction of sp³-hybridized carbons (Fsp3) is 0.353. The predicted octanol–water partition coefficient (Wildman–Crippen LogP) is 3.54. The molecule has 2 aromatic rings. The molecule has 1 atom stereocenters. The van der Waals surface area contributed by atoms with E-state index in [1.807, 2.05) is 0 Å². The van der Waals surface area contributed by atoms with Crippen LogP contribution in [0.2, 0.25) is 0 Å². The minimum absolute atomic E-state index is 0.0456. The Morgan fingerprint density at radius 1 is 1.11 bits per heavy atom. The molecular formula is C17H15F5N4O. The van der Waals surface area contributed by atoms with Gasteiger partial charge in [0, 0.05) is 17.5 Å². The molecule has 5 nitrogen and oxygen atoms in total. The van der Waals surface area contributed by atoms with Crippen LogP contribution >= 0.6 is 0 Å². The summed E-state index contributed by atoms with van der Waals surface area (Å²) in [6.45, 7) is -2.27. The van der Waals surface area contributed by atoms with Crippen LogP contribution in [0.5, 0.6) is 5.88 Å². The van der Waals surface area contributed by atoms with Gasteiger partial charge in [-0.25, -0.2) is 23.1 Å². The number of hydrogen-bond acceptors (Lipinski definition) is 5. The zero-order chi connectivity index (χ0) is 19.7. The molecule has 0 unspecified atom stereocenters. The molecule has 1 aliphatic rings. The van der Waals surface area contributed by atoms with Crippen LogP contribution in [-0.4, -0.2) is 35.3 Å². The molecule has 0 fully saturated rings. The zero-order valence-electron chi connectivity index (χ0n) is 13.9. The molecule has 2 N–H and O–H groups in total. The number of aromatic nitrogens is 2. The second-order valence-electron chi connectivity index (χ2n) is 6.05. The highest BCUT2D eigenvalue weighted by Gasteiger charge is 2.47. The van der Waals surface area contributed by atoms with Gasteiger partial charge in [-0.2, -0.15) is 8.78 Å². The molecule has 0 aliphatic carbocycles. The SMILES string of the molecule is NC1=N[C@](CF)(c2cc(-c3cnc(OCF)cn3)ccc2F)CCC1(F)F. The van der Waals surface area contributed by atoms with E-state index in [0.717, 1.165) is 6.07 Å². The van der Waals surface area contributed by atoms with Crippen molar-refractivity contribution in [2.24, 2.45) is 10.7 Å². The number of aliphatic imine (C=N–C) groups is 1. The number of nitrogens with two attached hydrogens (primary N) is 1. The van der Waals surface area contributed by atoms with Gasteiger partial charge in [0.1, 0.15) is 18.0 Å². The Morgan fingerprint density at radius 3 is 2.48 bits per heavy atom. The molecule has 0 radical (unpaired) electrons. The lowest BCUT2D eigenvalue weighted by Crippen LogP contribution is -2.46. The highest BCUT2D eigenvalue weighted by atomic mass is 19.3. The first-order chi connectivity index (χ1) is 12.8. The molecule has 27 heavy (non-hydrogen) atoms. The summed E-state index contributed by atoms with van der Waals surface area (Å²) < 4.78 is 72.2. The van der Waals surface area contributed by atoms with Crippen molar-refractivity contribution in [1.82, 2.24) is 9.97 Å². The topological polar surface area (TPSA) is 73.4 Å². The monoisotopic (exact) mass is 386 g/mol. The van der Waals surface area contributed by atoms with E-state index in [4.69, 9.17) is 5.73 Å². The first kappa shape index (κ1) is 19.0. The number of ether oxygens (including phenoxy) is 1. The lowest BCUT2D eigenvalue weighted by molar-refractivity contribution is 0.0413. The van der Waals surface area contributed by atoms with Gasteiger partial charge in [-0.05, 0) is 24.6 Å². The highest BCUT2D eigenvalue weighted by Crippen LogP contribution is 2.42. The average Bonchev–Trinajstić information content (AvgIpc) is 2.66. The van der Waals surface area contributed by atoms with Gasteiger partial charge in [0.2, 0.25) is 12.7 Å². The lowest BCUT2D eigenvalue weighted by atomic mass is 9.82. The van der Waals surface area contributed by atoms with Crippen LogP contribution in [0.25, 0.3) is 11.3 Å². The Kier molecular flexibility index (Phi) is 4.99. The predicted molar refractivity (Wildman–Crippen MR) is 87.5 cm³/mol. The molecule has 0 saturated carbocycles. The smallest absolute Gasteiger partial charge is 0.303 e. The molecule has 0 spiro atoms. The first-order valence-corrected chi connectivity index (χ1v) is 7.92. The van der Waals surface area contributed by atoms with E-state index in [1.165, 1.54) is 24.5 Å². The zero-order valence-corrected chi connectivity index (χ0v) is 13.9. The second kappa shape index (κ2) is 7.09. The van der Waals surface area contributed by atoms with Gasteiger partial charge in [0.15, 0.2) is 5.84 Å². The quantitative estimate of drug-likeness (QED) is 0.798. The van der Waals surface area contributed by atoms with Gasteiger partial charge < -0.3 is 10.5 Å². The van der Waals surface area contributed by atoms with Crippen molar-refractivity contribution in [3.8, 4) is 17.1 Å².